The molecule has 0 aliphatic heterocycles. The van der Waals surface area contributed by atoms with E-state index in [-0.39, 0.29) is 30.5 Å². The first-order chi connectivity index (χ1) is 12.4. The van der Waals surface area contributed by atoms with Crippen LogP contribution < -0.4 is 10.6 Å². The molecule has 1 aromatic carbocycles. The molecule has 7 heteroatoms. The molecule has 0 saturated heterocycles. The van der Waals surface area contributed by atoms with Crippen molar-refractivity contribution in [1.29, 1.82) is 0 Å². The van der Waals surface area contributed by atoms with E-state index < -0.39 is 17.5 Å². The molecular weight excluding hydrogens is 358 g/mol. The van der Waals surface area contributed by atoms with E-state index in [2.05, 4.69) is 24.5 Å². The van der Waals surface area contributed by atoms with Crippen molar-refractivity contribution in [2.75, 3.05) is 6.54 Å². The molecule has 2 aromatic rings. The van der Waals surface area contributed by atoms with E-state index in [0.717, 1.165) is 23.4 Å². The van der Waals surface area contributed by atoms with Crippen LogP contribution >= 0.6 is 11.3 Å². The summed E-state index contributed by atoms with van der Waals surface area (Å²) in [5, 5.41) is 7.42. The van der Waals surface area contributed by atoms with E-state index in [1.807, 2.05) is 17.5 Å². The quantitative estimate of drug-likeness (QED) is 0.726. The van der Waals surface area contributed by atoms with Gasteiger partial charge in [-0.2, -0.15) is 0 Å². The van der Waals surface area contributed by atoms with Gasteiger partial charge in [0.15, 0.2) is 0 Å². The number of rotatable bonds is 8. The summed E-state index contributed by atoms with van der Waals surface area (Å²) in [4.78, 5) is 25.2. The van der Waals surface area contributed by atoms with Crippen molar-refractivity contribution in [3.63, 3.8) is 0 Å². The molecule has 0 bridgehead atoms. The summed E-state index contributed by atoms with van der Waals surface area (Å²) in [6.45, 7) is 4.24. The summed E-state index contributed by atoms with van der Waals surface area (Å²) in [6.07, 6.45) is 0.897. The minimum absolute atomic E-state index is 0.0623. The predicted molar refractivity (Wildman–Crippen MR) is 98.0 cm³/mol. The van der Waals surface area contributed by atoms with Gasteiger partial charge in [0.2, 0.25) is 5.91 Å². The van der Waals surface area contributed by atoms with E-state index in [1.54, 1.807) is 11.3 Å². The lowest BCUT2D eigenvalue weighted by Crippen LogP contribution is -2.33. The molecule has 4 nitrogen and oxygen atoms in total. The van der Waals surface area contributed by atoms with Crippen molar-refractivity contribution < 1.29 is 18.4 Å². The van der Waals surface area contributed by atoms with Crippen LogP contribution in [0.4, 0.5) is 8.78 Å². The number of nitrogens with one attached hydrogen (secondary N) is 2. The third-order valence-electron chi connectivity index (χ3n) is 3.74. The maximum Gasteiger partial charge on any atom is 0.254 e. The maximum absolute atomic E-state index is 13.6. The van der Waals surface area contributed by atoms with Gasteiger partial charge in [0.1, 0.15) is 11.6 Å². The van der Waals surface area contributed by atoms with Gasteiger partial charge in [-0.15, -0.1) is 11.3 Å². The Hall–Kier alpha value is -2.28. The predicted octanol–water partition coefficient (Wildman–Crippen LogP) is 4.05. The summed E-state index contributed by atoms with van der Waals surface area (Å²) < 4.78 is 26.4. The Bertz CT molecular complexity index is 748. The topological polar surface area (TPSA) is 58.2 Å². The first-order valence-electron chi connectivity index (χ1n) is 8.43. The molecule has 0 aliphatic rings. The molecule has 1 aromatic heterocycles. The van der Waals surface area contributed by atoms with Gasteiger partial charge < -0.3 is 10.6 Å². The Kier molecular flexibility index (Phi) is 7.26. The van der Waals surface area contributed by atoms with Gasteiger partial charge in [0, 0.05) is 23.9 Å². The molecule has 0 saturated carbocycles. The second kappa shape index (κ2) is 9.43. The van der Waals surface area contributed by atoms with Gasteiger partial charge >= 0.3 is 0 Å². The monoisotopic (exact) mass is 380 g/mol. The summed E-state index contributed by atoms with van der Waals surface area (Å²) in [5.74, 6) is -2.12. The fourth-order valence-corrected chi connectivity index (χ4v) is 3.32. The van der Waals surface area contributed by atoms with E-state index in [1.165, 1.54) is 0 Å². The Morgan fingerprint density at radius 3 is 2.58 bits per heavy atom. The highest BCUT2D eigenvalue weighted by Gasteiger charge is 2.17. The molecule has 1 heterocycles. The zero-order valence-electron chi connectivity index (χ0n) is 14.7. The number of halogens is 2. The van der Waals surface area contributed by atoms with Crippen LogP contribution in [0.5, 0.6) is 0 Å². The average Bonchev–Trinajstić information content (AvgIpc) is 3.08. The number of amides is 2. The molecule has 1 unspecified atom stereocenters. The molecular formula is C19H22F2N2O2S. The van der Waals surface area contributed by atoms with Gasteiger partial charge in [0.25, 0.3) is 5.91 Å². The zero-order valence-corrected chi connectivity index (χ0v) is 15.5. The molecule has 0 radical (unpaired) electrons. The number of carbonyl (C=O) groups is 2. The summed E-state index contributed by atoms with van der Waals surface area (Å²) in [6, 6.07) is 6.61. The average molecular weight is 380 g/mol. The largest absolute Gasteiger partial charge is 0.351 e. The lowest BCUT2D eigenvalue weighted by Gasteiger charge is -2.19. The molecule has 2 amide bonds. The molecule has 140 valence electrons. The van der Waals surface area contributed by atoms with Crippen LogP contribution in [0, 0.1) is 17.6 Å². The minimum atomic E-state index is -0.929. The minimum Gasteiger partial charge on any atom is -0.351 e. The van der Waals surface area contributed by atoms with Crippen molar-refractivity contribution in [3.8, 4) is 0 Å². The molecule has 0 aliphatic carbocycles. The summed E-state index contributed by atoms with van der Waals surface area (Å²) in [5.41, 5.74) is -0.247. The fourth-order valence-electron chi connectivity index (χ4n) is 2.53. The van der Waals surface area contributed by atoms with Crippen LogP contribution in [0.25, 0.3) is 0 Å². The van der Waals surface area contributed by atoms with Crippen LogP contribution in [0.15, 0.2) is 35.7 Å². The van der Waals surface area contributed by atoms with Crippen LogP contribution in [-0.2, 0) is 4.79 Å². The molecule has 26 heavy (non-hydrogen) atoms. The smallest absolute Gasteiger partial charge is 0.254 e. The van der Waals surface area contributed by atoms with Crippen molar-refractivity contribution >= 4 is 23.2 Å². The highest BCUT2D eigenvalue weighted by Crippen LogP contribution is 2.25. The SMILES string of the molecule is CC(C)CC(NC(=O)CCNC(=O)c1ccc(F)cc1F)c1cccs1. The number of hydrogen-bond donors (Lipinski definition) is 2. The van der Waals surface area contributed by atoms with Gasteiger partial charge in [-0.05, 0) is 35.9 Å². The maximum atomic E-state index is 13.6. The van der Waals surface area contributed by atoms with Crippen molar-refractivity contribution in [1.82, 2.24) is 10.6 Å². The Labute approximate surface area is 155 Å². The standard InChI is InChI=1S/C19H22F2N2O2S/c1-12(2)10-16(17-4-3-9-26-17)23-18(24)7-8-22-19(25)14-6-5-13(20)11-15(14)21/h3-6,9,11-12,16H,7-8,10H2,1-2H3,(H,22,25)(H,23,24). The summed E-state index contributed by atoms with van der Waals surface area (Å²) >= 11 is 1.59. The van der Waals surface area contributed by atoms with Crippen molar-refractivity contribution in [3.05, 3.63) is 57.8 Å². The van der Waals surface area contributed by atoms with E-state index in [0.29, 0.717) is 12.0 Å². The first kappa shape index (κ1) is 20.0. The Balaban J connectivity index is 1.84. The highest BCUT2D eigenvalue weighted by atomic mass is 32.1. The second-order valence-corrected chi connectivity index (χ2v) is 7.37. The molecule has 0 spiro atoms. The van der Waals surface area contributed by atoms with Gasteiger partial charge in [-0.3, -0.25) is 9.59 Å². The van der Waals surface area contributed by atoms with Gasteiger partial charge in [-0.25, -0.2) is 8.78 Å². The number of hydrogen-bond acceptors (Lipinski definition) is 3. The van der Waals surface area contributed by atoms with Crippen LogP contribution in [0.3, 0.4) is 0 Å². The second-order valence-electron chi connectivity index (χ2n) is 6.40. The third-order valence-corrected chi connectivity index (χ3v) is 4.73. The highest BCUT2D eigenvalue weighted by molar-refractivity contribution is 7.10. The van der Waals surface area contributed by atoms with Crippen molar-refractivity contribution in [2.24, 2.45) is 5.92 Å². The third kappa shape index (κ3) is 5.91. The number of benzene rings is 1. The van der Waals surface area contributed by atoms with E-state index >= 15 is 0 Å². The number of thiophene rings is 1. The van der Waals surface area contributed by atoms with Crippen LogP contribution in [0.2, 0.25) is 0 Å². The Morgan fingerprint density at radius 1 is 1.19 bits per heavy atom. The van der Waals surface area contributed by atoms with Crippen molar-refractivity contribution in [2.45, 2.75) is 32.7 Å². The molecule has 0 fully saturated rings. The molecule has 2 N–H and O–H groups in total. The molecule has 1 atom stereocenters. The lowest BCUT2D eigenvalue weighted by atomic mass is 10.0. The van der Waals surface area contributed by atoms with Gasteiger partial charge in [0.05, 0.1) is 11.6 Å². The van der Waals surface area contributed by atoms with E-state index in [9.17, 15) is 18.4 Å². The Morgan fingerprint density at radius 2 is 1.96 bits per heavy atom. The summed E-state index contributed by atoms with van der Waals surface area (Å²) in [7, 11) is 0. The van der Waals surface area contributed by atoms with Gasteiger partial charge in [-0.1, -0.05) is 19.9 Å². The normalized spacial score (nSPS) is 12.0. The molecule has 2 rings (SSSR count). The fraction of sp³-hybridized carbons (Fsp3) is 0.368. The first-order valence-corrected chi connectivity index (χ1v) is 9.30. The number of carbonyl (C=O) groups excluding carboxylic acids is 2. The van der Waals surface area contributed by atoms with Crippen LogP contribution in [-0.4, -0.2) is 18.4 Å². The van der Waals surface area contributed by atoms with Crippen LogP contribution in [0.1, 0.15) is 48.0 Å². The van der Waals surface area contributed by atoms with E-state index in [4.69, 9.17) is 0 Å². The zero-order chi connectivity index (χ0) is 19.1. The lowest BCUT2D eigenvalue weighted by molar-refractivity contribution is -0.121.